The van der Waals surface area contributed by atoms with Gasteiger partial charge >= 0.3 is 0 Å². The minimum atomic E-state index is -0.510. The van der Waals surface area contributed by atoms with Crippen LogP contribution in [0.4, 0.5) is 4.39 Å². The molecule has 3 aromatic heterocycles. The van der Waals surface area contributed by atoms with E-state index < -0.39 is 11.0 Å². The number of rotatable bonds is 5. The molecule has 5 heterocycles. The van der Waals surface area contributed by atoms with E-state index in [2.05, 4.69) is 130 Å². The number of hydrogen-bond donors (Lipinski definition) is 0. The molecule has 0 radical (unpaired) electrons. The minimum Gasteiger partial charge on any atom is -0.251 e. The van der Waals surface area contributed by atoms with Crippen LogP contribution in [0.15, 0.2) is 67.0 Å². The Bertz CT molecular complexity index is 2090. The maximum Gasteiger partial charge on any atom is 0.231 e. The van der Waals surface area contributed by atoms with Crippen molar-refractivity contribution < 1.29 is 13.5 Å². The van der Waals surface area contributed by atoms with Gasteiger partial charge in [-0.15, -0.1) is 0 Å². The van der Waals surface area contributed by atoms with E-state index in [-0.39, 0.29) is 16.8 Å². The highest BCUT2D eigenvalue weighted by Gasteiger charge is 2.62. The molecule has 0 saturated carbocycles. The van der Waals surface area contributed by atoms with Crippen LogP contribution in [0, 0.1) is 5.82 Å². The van der Waals surface area contributed by atoms with Crippen LogP contribution in [0.5, 0.6) is 0 Å². The van der Waals surface area contributed by atoms with Gasteiger partial charge in [-0.3, -0.25) is 4.68 Å². The summed E-state index contributed by atoms with van der Waals surface area (Å²) in [5.41, 5.74) is 9.08. The molecule has 242 valence electrons. The Labute approximate surface area is 279 Å². The smallest absolute Gasteiger partial charge is 0.231 e. The fraction of sp³-hybridized carbons (Fsp3) is 0.452. The summed E-state index contributed by atoms with van der Waals surface area (Å²) >= 11 is 0. The molecule has 2 aromatic carbocycles. The Kier molecular flexibility index (Phi) is 6.53. The average Bonchev–Trinajstić information content (AvgIpc) is 3.46. The van der Waals surface area contributed by atoms with Gasteiger partial charge in [0, 0.05) is 53.0 Å². The van der Waals surface area contributed by atoms with E-state index in [4.69, 9.17) is 5.10 Å². The zero-order chi connectivity index (χ0) is 33.1. The normalized spacial score (nSPS) is 19.9. The first-order chi connectivity index (χ1) is 22.4. The average molecular weight is 629 g/mol. The van der Waals surface area contributed by atoms with Gasteiger partial charge in [0.1, 0.15) is 18.1 Å². The number of halogens is 1. The van der Waals surface area contributed by atoms with Crippen molar-refractivity contribution in [2.45, 2.75) is 122 Å². The van der Waals surface area contributed by atoms with Crippen LogP contribution in [0.2, 0.25) is 0 Å². The molecule has 1 aliphatic carbocycles. The molecule has 3 aliphatic rings. The monoisotopic (exact) mass is 628 g/mol. The van der Waals surface area contributed by atoms with Gasteiger partial charge < -0.3 is 0 Å². The molecule has 2 aliphatic heterocycles. The number of benzene rings is 2. The number of nitrogens with zero attached hydrogens (tertiary/aromatic N) is 4. The Morgan fingerprint density at radius 2 is 1.70 bits per heavy atom. The Balaban J connectivity index is 1.53. The van der Waals surface area contributed by atoms with Crippen molar-refractivity contribution >= 4 is 10.8 Å². The Hall–Kier alpha value is -3.86. The van der Waals surface area contributed by atoms with E-state index >= 15 is 4.39 Å². The van der Waals surface area contributed by atoms with Crippen molar-refractivity contribution in [2.24, 2.45) is 0 Å². The molecule has 1 unspecified atom stereocenters. The molecular formula is C42H49FN4+2. The van der Waals surface area contributed by atoms with E-state index in [1.165, 1.54) is 33.2 Å². The van der Waals surface area contributed by atoms with E-state index in [9.17, 15) is 0 Å². The third-order valence-electron chi connectivity index (χ3n) is 12.1. The molecule has 4 nitrogen and oxygen atoms in total. The number of aryl methyl sites for hydroxylation is 1. The standard InChI is InChI=1S/C42H49FN4/c1-9-12-15-27-22-28-19-21-46-38-35(28)30(23-27)40(7,8)37-31(43)18-17-29(36(37)38)42(25-41(46,10-2)11-3)26-47-33(24-34(44-47)39(4,5)6)32-16-13-14-20-45(32)42/h13-14,16-24H,9-12,15,25-26H2,1-8H3/q+2. The summed E-state index contributed by atoms with van der Waals surface area (Å²) < 4.78 is 24.1. The van der Waals surface area contributed by atoms with Gasteiger partial charge in [0.05, 0.1) is 23.1 Å². The van der Waals surface area contributed by atoms with E-state index in [1.807, 2.05) is 0 Å². The van der Waals surface area contributed by atoms with Gasteiger partial charge in [0.15, 0.2) is 17.9 Å². The fourth-order valence-corrected chi connectivity index (χ4v) is 9.47. The number of unbranched alkanes of at least 4 members (excludes halogenated alkanes) is 1. The topological polar surface area (TPSA) is 25.6 Å². The molecule has 1 spiro atoms. The second kappa shape index (κ2) is 10.1. The lowest BCUT2D eigenvalue weighted by Gasteiger charge is -2.38. The van der Waals surface area contributed by atoms with Gasteiger partial charge in [-0.1, -0.05) is 73.9 Å². The summed E-state index contributed by atoms with van der Waals surface area (Å²) in [6.45, 7) is 18.8. The molecule has 0 saturated heterocycles. The molecule has 0 bridgehead atoms. The third-order valence-corrected chi connectivity index (χ3v) is 12.1. The van der Waals surface area contributed by atoms with Crippen LogP contribution in [0.25, 0.3) is 33.4 Å². The fourth-order valence-electron chi connectivity index (χ4n) is 9.47. The lowest BCUT2D eigenvalue weighted by Crippen LogP contribution is -2.67. The Morgan fingerprint density at radius 3 is 2.43 bits per heavy atom. The largest absolute Gasteiger partial charge is 0.251 e. The quantitative estimate of drug-likeness (QED) is 0.178. The highest BCUT2D eigenvalue weighted by Crippen LogP contribution is 2.56. The van der Waals surface area contributed by atoms with E-state index in [1.54, 1.807) is 6.07 Å². The lowest BCUT2D eigenvalue weighted by molar-refractivity contribution is -0.790. The molecular weight excluding hydrogens is 579 g/mol. The van der Waals surface area contributed by atoms with Crippen molar-refractivity contribution in [1.82, 2.24) is 9.78 Å². The molecule has 5 aromatic rings. The second-order valence-electron chi connectivity index (χ2n) is 16.1. The third kappa shape index (κ3) is 4.01. The van der Waals surface area contributed by atoms with Crippen molar-refractivity contribution in [3.8, 4) is 22.6 Å². The van der Waals surface area contributed by atoms with Gasteiger partial charge in [-0.05, 0) is 53.6 Å². The van der Waals surface area contributed by atoms with Gasteiger partial charge in [0.2, 0.25) is 16.9 Å². The van der Waals surface area contributed by atoms with Crippen LogP contribution in [0.1, 0.15) is 115 Å². The molecule has 5 heteroatoms. The highest BCUT2D eigenvalue weighted by atomic mass is 19.1. The summed E-state index contributed by atoms with van der Waals surface area (Å²) in [6.07, 6.45) is 10.8. The van der Waals surface area contributed by atoms with Crippen LogP contribution in [0.3, 0.4) is 0 Å². The highest BCUT2D eigenvalue weighted by molar-refractivity contribution is 6.01. The predicted octanol–water partition coefficient (Wildman–Crippen LogP) is 9.04. The Morgan fingerprint density at radius 1 is 0.915 bits per heavy atom. The number of hydrogen-bond acceptors (Lipinski definition) is 1. The van der Waals surface area contributed by atoms with Gasteiger partial charge in [-0.2, -0.15) is 14.2 Å². The number of pyridine rings is 2. The van der Waals surface area contributed by atoms with Crippen LogP contribution in [-0.4, -0.2) is 9.78 Å². The summed E-state index contributed by atoms with van der Waals surface area (Å²) in [5, 5.41) is 7.88. The molecule has 8 rings (SSSR count). The van der Waals surface area contributed by atoms with Gasteiger partial charge in [0.25, 0.3) is 0 Å². The first-order valence-electron chi connectivity index (χ1n) is 17.9. The van der Waals surface area contributed by atoms with Crippen LogP contribution < -0.4 is 9.13 Å². The van der Waals surface area contributed by atoms with Crippen LogP contribution in [-0.2, 0) is 34.9 Å². The first kappa shape index (κ1) is 30.5. The van der Waals surface area contributed by atoms with Crippen molar-refractivity contribution in [3.63, 3.8) is 0 Å². The SMILES string of the molecule is CCCCc1cc2c3c4[n+](ccc3c1)C(CC)(CC)CC1(Cn3nc(C(C)(C)C)cc3-c3cccc[n+]31)c1ccc(F)c(c1-4)C2(C)C. The van der Waals surface area contributed by atoms with E-state index in [0.29, 0.717) is 6.54 Å². The molecule has 0 amide bonds. The van der Waals surface area contributed by atoms with E-state index in [0.717, 1.165) is 66.7 Å². The lowest BCUT2D eigenvalue weighted by atomic mass is 9.66. The molecule has 0 fully saturated rings. The number of fused-ring (bicyclic) bond motifs is 5. The van der Waals surface area contributed by atoms with Crippen molar-refractivity contribution in [3.05, 3.63) is 101 Å². The molecule has 1 atom stereocenters. The van der Waals surface area contributed by atoms with Crippen LogP contribution >= 0.6 is 0 Å². The summed E-state index contributed by atoms with van der Waals surface area (Å²) in [5.74, 6) is -0.110. The first-order valence-corrected chi connectivity index (χ1v) is 17.9. The zero-order valence-corrected chi connectivity index (χ0v) is 29.5. The summed E-state index contributed by atoms with van der Waals surface area (Å²) in [4.78, 5) is 0. The predicted molar refractivity (Wildman–Crippen MR) is 187 cm³/mol. The minimum absolute atomic E-state index is 0.0758. The zero-order valence-electron chi connectivity index (χ0n) is 29.5. The molecule has 47 heavy (non-hydrogen) atoms. The maximum absolute atomic E-state index is 16.8. The molecule has 0 N–H and O–H groups in total. The van der Waals surface area contributed by atoms with Crippen molar-refractivity contribution in [1.29, 1.82) is 0 Å². The van der Waals surface area contributed by atoms with Gasteiger partial charge in [-0.25, -0.2) is 4.39 Å². The number of aromatic nitrogens is 4. The van der Waals surface area contributed by atoms with Crippen molar-refractivity contribution in [2.75, 3.05) is 0 Å². The maximum atomic E-state index is 16.8. The second-order valence-corrected chi connectivity index (χ2v) is 16.1. The summed E-state index contributed by atoms with van der Waals surface area (Å²) in [6, 6.07) is 19.9. The summed E-state index contributed by atoms with van der Waals surface area (Å²) in [7, 11) is 0.